The monoisotopic (exact) mass is 210 g/mol. The van der Waals surface area contributed by atoms with E-state index in [1.165, 1.54) is 30.4 Å². The lowest BCUT2D eigenvalue weighted by Gasteiger charge is -2.39. The third-order valence-electron chi connectivity index (χ3n) is 4.09. The van der Waals surface area contributed by atoms with Crippen molar-refractivity contribution >= 4 is 5.57 Å². The summed E-state index contributed by atoms with van der Waals surface area (Å²) in [6.07, 6.45) is 4.15. The van der Waals surface area contributed by atoms with Gasteiger partial charge in [-0.25, -0.2) is 0 Å². The van der Waals surface area contributed by atoms with Crippen LogP contribution in [0.15, 0.2) is 48.1 Å². The van der Waals surface area contributed by atoms with Crippen molar-refractivity contribution < 1.29 is 0 Å². The first-order chi connectivity index (χ1) is 7.79. The normalized spacial score (nSPS) is 27.6. The van der Waals surface area contributed by atoms with Crippen LogP contribution in [0.2, 0.25) is 0 Å². The van der Waals surface area contributed by atoms with Gasteiger partial charge in [-0.15, -0.1) is 0 Å². The molecule has 0 heterocycles. The van der Waals surface area contributed by atoms with Gasteiger partial charge in [0.05, 0.1) is 0 Å². The molecule has 82 valence electrons. The third-order valence-corrected chi connectivity index (χ3v) is 4.09. The SMILES string of the molecule is C=C(C)C1=C(c2ccccc2)[C@@H]2CCC[C@H]12. The van der Waals surface area contributed by atoms with E-state index >= 15 is 0 Å². The van der Waals surface area contributed by atoms with Crippen molar-refractivity contribution in [1.82, 2.24) is 0 Å². The minimum atomic E-state index is 0.827. The van der Waals surface area contributed by atoms with Crippen molar-refractivity contribution in [1.29, 1.82) is 0 Å². The van der Waals surface area contributed by atoms with Gasteiger partial charge in [0, 0.05) is 0 Å². The molecule has 0 aromatic heterocycles. The van der Waals surface area contributed by atoms with Crippen LogP contribution < -0.4 is 0 Å². The topological polar surface area (TPSA) is 0 Å². The Morgan fingerprint density at radius 2 is 1.81 bits per heavy atom. The highest BCUT2D eigenvalue weighted by atomic mass is 14.5. The first-order valence-corrected chi connectivity index (χ1v) is 6.24. The smallest absolute Gasteiger partial charge is 0.00840 e. The molecule has 1 aromatic rings. The van der Waals surface area contributed by atoms with Gasteiger partial charge in [-0.2, -0.15) is 0 Å². The van der Waals surface area contributed by atoms with Gasteiger partial charge in [-0.1, -0.05) is 48.9 Å². The molecule has 0 radical (unpaired) electrons. The fourth-order valence-electron chi connectivity index (χ4n) is 3.49. The fourth-order valence-corrected chi connectivity index (χ4v) is 3.49. The van der Waals surface area contributed by atoms with Crippen molar-refractivity contribution in [3.8, 4) is 0 Å². The second-order valence-electron chi connectivity index (χ2n) is 5.12. The number of allylic oxidation sites excluding steroid dienone is 3. The van der Waals surface area contributed by atoms with Crippen LogP contribution in [-0.4, -0.2) is 0 Å². The fraction of sp³-hybridized carbons (Fsp3) is 0.375. The summed E-state index contributed by atoms with van der Waals surface area (Å²) in [5, 5.41) is 0. The molecule has 2 atom stereocenters. The first kappa shape index (κ1) is 9.89. The van der Waals surface area contributed by atoms with Gasteiger partial charge >= 0.3 is 0 Å². The predicted molar refractivity (Wildman–Crippen MR) is 69.0 cm³/mol. The molecule has 1 aromatic carbocycles. The molecule has 1 saturated carbocycles. The van der Waals surface area contributed by atoms with Crippen molar-refractivity contribution in [2.24, 2.45) is 11.8 Å². The lowest BCUT2D eigenvalue weighted by atomic mass is 9.65. The molecule has 0 heteroatoms. The number of hydrogen-bond donors (Lipinski definition) is 0. The average Bonchev–Trinajstić information content (AvgIpc) is 2.63. The van der Waals surface area contributed by atoms with Gasteiger partial charge in [0.2, 0.25) is 0 Å². The Kier molecular flexibility index (Phi) is 2.24. The van der Waals surface area contributed by atoms with Crippen molar-refractivity contribution in [2.75, 3.05) is 0 Å². The minimum Gasteiger partial charge on any atom is -0.0958 e. The highest BCUT2D eigenvalue weighted by Gasteiger charge is 2.43. The average molecular weight is 210 g/mol. The van der Waals surface area contributed by atoms with Gasteiger partial charge in [-0.3, -0.25) is 0 Å². The van der Waals surface area contributed by atoms with E-state index in [2.05, 4.69) is 43.8 Å². The van der Waals surface area contributed by atoms with E-state index < -0.39 is 0 Å². The van der Waals surface area contributed by atoms with Crippen LogP contribution in [0.4, 0.5) is 0 Å². The van der Waals surface area contributed by atoms with Crippen LogP contribution in [-0.2, 0) is 0 Å². The Hall–Kier alpha value is -1.30. The van der Waals surface area contributed by atoms with E-state index in [0.717, 1.165) is 11.8 Å². The van der Waals surface area contributed by atoms with Crippen LogP contribution in [0, 0.1) is 11.8 Å². The molecule has 2 aliphatic carbocycles. The quantitative estimate of drug-likeness (QED) is 0.676. The predicted octanol–water partition coefficient (Wildman–Crippen LogP) is 4.45. The maximum atomic E-state index is 4.16. The number of rotatable bonds is 2. The van der Waals surface area contributed by atoms with E-state index in [9.17, 15) is 0 Å². The van der Waals surface area contributed by atoms with Crippen LogP contribution in [0.25, 0.3) is 5.57 Å². The van der Waals surface area contributed by atoms with E-state index in [-0.39, 0.29) is 0 Å². The molecule has 0 bridgehead atoms. The first-order valence-electron chi connectivity index (χ1n) is 6.24. The third kappa shape index (κ3) is 1.29. The Labute approximate surface area is 97.7 Å². The van der Waals surface area contributed by atoms with Crippen LogP contribution in [0.3, 0.4) is 0 Å². The Balaban J connectivity index is 2.07. The van der Waals surface area contributed by atoms with E-state index in [1.807, 2.05) is 0 Å². The zero-order chi connectivity index (χ0) is 11.1. The molecular weight excluding hydrogens is 192 g/mol. The zero-order valence-corrected chi connectivity index (χ0v) is 9.87. The zero-order valence-electron chi connectivity index (χ0n) is 9.87. The molecule has 1 fully saturated rings. The van der Waals surface area contributed by atoms with Crippen molar-refractivity contribution in [2.45, 2.75) is 26.2 Å². The molecule has 16 heavy (non-hydrogen) atoms. The standard InChI is InChI=1S/C16H18/c1-11(2)15-13-9-6-10-14(13)16(15)12-7-4-3-5-8-12/h3-5,7-8,13-14H,1,6,9-10H2,2H3/t13-,14+/m0/s1. The van der Waals surface area contributed by atoms with E-state index in [4.69, 9.17) is 0 Å². The molecule has 0 unspecified atom stereocenters. The van der Waals surface area contributed by atoms with Gasteiger partial charge < -0.3 is 0 Å². The molecule has 0 nitrogen and oxygen atoms in total. The van der Waals surface area contributed by atoms with Crippen LogP contribution >= 0.6 is 0 Å². The second kappa shape index (κ2) is 3.62. The lowest BCUT2D eigenvalue weighted by molar-refractivity contribution is 0.492. The summed E-state index contributed by atoms with van der Waals surface area (Å²) >= 11 is 0. The van der Waals surface area contributed by atoms with E-state index in [1.54, 1.807) is 11.1 Å². The van der Waals surface area contributed by atoms with Gasteiger partial charge in [0.1, 0.15) is 0 Å². The largest absolute Gasteiger partial charge is 0.0958 e. The Morgan fingerprint density at radius 1 is 1.12 bits per heavy atom. The highest BCUT2D eigenvalue weighted by molar-refractivity contribution is 5.81. The summed E-state index contributed by atoms with van der Waals surface area (Å²) in [6.45, 7) is 6.31. The van der Waals surface area contributed by atoms with Crippen LogP contribution in [0.1, 0.15) is 31.7 Å². The minimum absolute atomic E-state index is 0.827. The molecule has 2 aliphatic rings. The number of fused-ring (bicyclic) bond motifs is 1. The summed E-state index contributed by atoms with van der Waals surface area (Å²) in [4.78, 5) is 0. The van der Waals surface area contributed by atoms with Crippen molar-refractivity contribution in [3.05, 3.63) is 53.6 Å². The molecule has 0 aliphatic heterocycles. The van der Waals surface area contributed by atoms with E-state index in [0.29, 0.717) is 0 Å². The molecule has 3 rings (SSSR count). The maximum absolute atomic E-state index is 4.16. The Bertz CT molecular complexity index is 450. The summed E-state index contributed by atoms with van der Waals surface area (Å²) in [6, 6.07) is 10.9. The highest BCUT2D eigenvalue weighted by Crippen LogP contribution is 2.57. The van der Waals surface area contributed by atoms with Gasteiger partial charge in [-0.05, 0) is 48.3 Å². The van der Waals surface area contributed by atoms with Crippen LogP contribution in [0.5, 0.6) is 0 Å². The second-order valence-corrected chi connectivity index (χ2v) is 5.12. The maximum Gasteiger partial charge on any atom is -0.00840 e. The number of benzene rings is 1. The summed E-state index contributed by atoms with van der Waals surface area (Å²) in [7, 11) is 0. The molecule has 0 saturated heterocycles. The summed E-state index contributed by atoms with van der Waals surface area (Å²) < 4.78 is 0. The molecular formula is C16H18. The van der Waals surface area contributed by atoms with Crippen molar-refractivity contribution in [3.63, 3.8) is 0 Å². The summed E-state index contributed by atoms with van der Waals surface area (Å²) in [5.74, 6) is 1.65. The van der Waals surface area contributed by atoms with Gasteiger partial charge in [0.15, 0.2) is 0 Å². The summed E-state index contributed by atoms with van der Waals surface area (Å²) in [5.41, 5.74) is 5.86. The number of hydrogen-bond acceptors (Lipinski definition) is 0. The molecule has 0 spiro atoms. The van der Waals surface area contributed by atoms with Gasteiger partial charge in [0.25, 0.3) is 0 Å². The lowest BCUT2D eigenvalue weighted by Crippen LogP contribution is -2.25. The molecule has 0 amide bonds. The molecule has 0 N–H and O–H groups in total. The Morgan fingerprint density at radius 3 is 2.50 bits per heavy atom.